The highest BCUT2D eigenvalue weighted by molar-refractivity contribution is 6.24. The van der Waals surface area contributed by atoms with Gasteiger partial charge >= 0.3 is 23.9 Å². The molecule has 0 atom stereocenters. The van der Waals surface area contributed by atoms with Crippen molar-refractivity contribution in [3.63, 3.8) is 0 Å². The van der Waals surface area contributed by atoms with Gasteiger partial charge in [0.05, 0.1) is 80.0 Å². The molecule has 0 spiro atoms. The summed E-state index contributed by atoms with van der Waals surface area (Å²) in [6.45, 7) is 13.5. The summed E-state index contributed by atoms with van der Waals surface area (Å²) >= 11 is 0. The van der Waals surface area contributed by atoms with E-state index >= 15 is 0 Å². The maximum Gasteiger partial charge on any atom is 0.338 e. The van der Waals surface area contributed by atoms with Crippen LogP contribution in [0.3, 0.4) is 0 Å². The number of nitrogens with zero attached hydrogens (tertiary/aromatic N) is 2. The number of benzene rings is 6. The molecule has 0 aliphatic heterocycles. The van der Waals surface area contributed by atoms with Crippen molar-refractivity contribution < 1.29 is 57.1 Å². The van der Waals surface area contributed by atoms with Crippen LogP contribution in [0.5, 0.6) is 11.5 Å². The topological polar surface area (TPSA) is 168 Å². The van der Waals surface area contributed by atoms with Crippen molar-refractivity contribution in [1.82, 2.24) is 9.97 Å². The summed E-state index contributed by atoms with van der Waals surface area (Å²) in [5.74, 6) is -0.0435. The maximum atomic E-state index is 13.7. The molecule has 426 valence electrons. The molecule has 0 amide bonds. The Morgan fingerprint density at radius 1 is 0.427 bits per heavy atom. The van der Waals surface area contributed by atoms with E-state index in [1.807, 2.05) is 54.6 Å². The average Bonchev–Trinajstić information content (AvgIpc) is 3.58. The van der Waals surface area contributed by atoms with Crippen molar-refractivity contribution in [2.24, 2.45) is 0 Å². The molecule has 1 aliphatic carbocycles. The number of ether oxygens (including phenoxy) is 8. The smallest absolute Gasteiger partial charge is 0.338 e. The minimum absolute atomic E-state index is 0.0469. The van der Waals surface area contributed by atoms with Crippen LogP contribution in [0, 0.1) is 0 Å². The minimum Gasteiger partial charge on any atom is -0.494 e. The van der Waals surface area contributed by atoms with Crippen molar-refractivity contribution in [3.8, 4) is 11.5 Å². The Bertz CT molecular complexity index is 3380. The van der Waals surface area contributed by atoms with Gasteiger partial charge in [-0.3, -0.25) is 0 Å². The fourth-order valence-electron chi connectivity index (χ4n) is 9.62. The van der Waals surface area contributed by atoms with Gasteiger partial charge in [0.15, 0.2) is 0 Å². The minimum atomic E-state index is -0.480. The maximum absolute atomic E-state index is 13.7. The monoisotopic (exact) mass is 1110 g/mol. The summed E-state index contributed by atoms with van der Waals surface area (Å²) in [4.78, 5) is 58.0. The molecule has 1 aliphatic rings. The number of aromatic nitrogens is 2. The van der Waals surface area contributed by atoms with Crippen LogP contribution in [-0.4, -0.2) is 98.9 Å². The Hall–Kier alpha value is -8.46. The van der Waals surface area contributed by atoms with Crippen molar-refractivity contribution in [2.45, 2.75) is 89.3 Å². The lowest BCUT2D eigenvalue weighted by molar-refractivity contribution is -0.140. The number of unbranched alkanes of at least 4 members (excludes halogenated alkanes) is 6. The standard InChI is InChI=1S/C68H72N2O12/c1-4-63(71)79-39-13-9-7-11-37-76-53-26-19-48(20-27-53)15-17-50-23-34-57-58-35-24-51(18-16-49-21-28-54(29-22-49)77-38-12-8-10-14-40-80-64(72)5-2)46-60(58)67-66(59(57)45-50)69-61-36-25-52(47-62(61)70-67)68(74)82-56-32-30-55(31-33-56)78-43-41-75-42-44-81-65(73)6-3/h4-6,15-29,34-36,45-47,55-56H,1-3,7-14,30-33,37-44H2/b17-15+,18-16+. The summed E-state index contributed by atoms with van der Waals surface area (Å²) < 4.78 is 44.6. The summed E-state index contributed by atoms with van der Waals surface area (Å²) in [6.07, 6.45) is 21.9. The van der Waals surface area contributed by atoms with Gasteiger partial charge in [-0.15, -0.1) is 0 Å². The van der Waals surface area contributed by atoms with Gasteiger partial charge in [0.2, 0.25) is 0 Å². The Morgan fingerprint density at radius 2 is 0.866 bits per heavy atom. The molecule has 0 saturated heterocycles. The Morgan fingerprint density at radius 3 is 1.38 bits per heavy atom. The van der Waals surface area contributed by atoms with Crippen LogP contribution in [0.2, 0.25) is 0 Å². The largest absolute Gasteiger partial charge is 0.494 e. The molecule has 14 nitrogen and oxygen atoms in total. The van der Waals surface area contributed by atoms with Crippen LogP contribution in [-0.2, 0) is 42.8 Å². The molecule has 1 saturated carbocycles. The second-order valence-electron chi connectivity index (χ2n) is 20.0. The van der Waals surface area contributed by atoms with E-state index in [9.17, 15) is 19.2 Å². The van der Waals surface area contributed by atoms with Gasteiger partial charge in [-0.1, -0.05) is 92.6 Å². The lowest BCUT2D eigenvalue weighted by Gasteiger charge is -2.28. The van der Waals surface area contributed by atoms with E-state index in [0.717, 1.165) is 137 Å². The predicted octanol–water partition coefficient (Wildman–Crippen LogP) is 14.0. The second-order valence-corrected chi connectivity index (χ2v) is 20.0. The summed E-state index contributed by atoms with van der Waals surface area (Å²) in [5.41, 5.74) is 7.17. The normalized spacial score (nSPS) is 14.3. The van der Waals surface area contributed by atoms with Gasteiger partial charge in [0.1, 0.15) is 24.2 Å². The molecular weight excluding hydrogens is 1040 g/mol. The number of rotatable bonds is 32. The number of hydrogen-bond donors (Lipinski definition) is 0. The molecule has 0 radical (unpaired) electrons. The highest BCUT2D eigenvalue weighted by atomic mass is 16.6. The third kappa shape index (κ3) is 18.0. The van der Waals surface area contributed by atoms with Crippen molar-refractivity contribution in [2.75, 3.05) is 52.9 Å². The number of carbonyl (C=O) groups excluding carboxylic acids is 4. The molecular formula is C68H72N2O12. The SMILES string of the molecule is C=CC(=O)OCCCCCCOc1ccc(/C=C/c2ccc3c4ccc(/C=C/c5ccc(OCCCCCCOC(=O)C=C)cc5)cc4c4nc5cc(C(=O)OC6CCC(OCCOCCOC(=O)C=C)CC6)ccc5nc4c3c2)cc1. The third-order valence-electron chi connectivity index (χ3n) is 14.0. The van der Waals surface area contributed by atoms with Gasteiger partial charge in [0, 0.05) is 29.0 Å². The van der Waals surface area contributed by atoms with E-state index in [-0.39, 0.29) is 37.4 Å². The first kappa shape index (κ1) is 59.7. The van der Waals surface area contributed by atoms with Crippen LogP contribution in [0.1, 0.15) is 110 Å². The second kappa shape index (κ2) is 31.5. The van der Waals surface area contributed by atoms with Gasteiger partial charge < -0.3 is 37.9 Å². The molecule has 82 heavy (non-hydrogen) atoms. The van der Waals surface area contributed by atoms with Gasteiger partial charge in [-0.2, -0.15) is 0 Å². The van der Waals surface area contributed by atoms with Crippen LogP contribution in [0.25, 0.3) is 67.9 Å². The lowest BCUT2D eigenvalue weighted by Crippen LogP contribution is -2.29. The van der Waals surface area contributed by atoms with Gasteiger partial charge in [0.25, 0.3) is 0 Å². The third-order valence-corrected chi connectivity index (χ3v) is 14.0. The van der Waals surface area contributed by atoms with Crippen molar-refractivity contribution in [3.05, 3.63) is 169 Å². The van der Waals surface area contributed by atoms with Crippen LogP contribution in [0.4, 0.5) is 0 Å². The summed E-state index contributed by atoms with van der Waals surface area (Å²) in [6, 6.07) is 34.3. The summed E-state index contributed by atoms with van der Waals surface area (Å²) in [7, 11) is 0. The first-order chi connectivity index (χ1) is 40.2. The molecule has 1 fully saturated rings. The van der Waals surface area contributed by atoms with Crippen molar-refractivity contribution >= 4 is 91.8 Å². The van der Waals surface area contributed by atoms with Gasteiger partial charge in [-0.05, 0) is 165 Å². The van der Waals surface area contributed by atoms with Crippen molar-refractivity contribution in [1.29, 1.82) is 0 Å². The molecule has 8 rings (SSSR count). The zero-order chi connectivity index (χ0) is 57.3. The molecule has 0 unspecified atom stereocenters. The molecule has 1 heterocycles. The molecule has 0 N–H and O–H groups in total. The zero-order valence-corrected chi connectivity index (χ0v) is 46.6. The molecule has 0 bridgehead atoms. The summed E-state index contributed by atoms with van der Waals surface area (Å²) in [5, 5.41) is 3.97. The molecule has 1 aromatic heterocycles. The van der Waals surface area contributed by atoms with E-state index < -0.39 is 11.9 Å². The number of hydrogen-bond acceptors (Lipinski definition) is 14. The Kier molecular flexibility index (Phi) is 22.9. The lowest BCUT2D eigenvalue weighted by atomic mass is 9.95. The Balaban J connectivity index is 0.956. The zero-order valence-electron chi connectivity index (χ0n) is 46.6. The predicted molar refractivity (Wildman–Crippen MR) is 322 cm³/mol. The van der Waals surface area contributed by atoms with E-state index in [4.69, 9.17) is 47.9 Å². The number of esters is 4. The highest BCUT2D eigenvalue weighted by Crippen LogP contribution is 2.36. The molecule has 7 aromatic rings. The number of carbonyl (C=O) groups is 4. The van der Waals surface area contributed by atoms with E-state index in [2.05, 4.69) is 80.4 Å². The van der Waals surface area contributed by atoms with Crippen LogP contribution < -0.4 is 9.47 Å². The first-order valence-electron chi connectivity index (χ1n) is 28.4. The fraction of sp³-hybridized carbons (Fsp3) is 0.324. The fourth-order valence-corrected chi connectivity index (χ4v) is 9.62. The van der Waals surface area contributed by atoms with E-state index in [0.29, 0.717) is 69.1 Å². The Labute approximate surface area is 479 Å². The van der Waals surface area contributed by atoms with E-state index in [1.165, 1.54) is 12.2 Å². The average molecular weight is 1110 g/mol. The first-order valence-corrected chi connectivity index (χ1v) is 28.4. The van der Waals surface area contributed by atoms with E-state index in [1.54, 1.807) is 12.1 Å². The van der Waals surface area contributed by atoms with Crippen LogP contribution >= 0.6 is 0 Å². The van der Waals surface area contributed by atoms with Crippen LogP contribution in [0.15, 0.2) is 141 Å². The highest BCUT2D eigenvalue weighted by Gasteiger charge is 2.25. The molecule has 6 aromatic carbocycles. The van der Waals surface area contributed by atoms with Gasteiger partial charge in [-0.25, -0.2) is 29.1 Å². The quantitative estimate of drug-likeness (QED) is 0.00743. The number of fused-ring (bicyclic) bond motifs is 7. The molecule has 14 heteroatoms.